The SMILES string of the molecule is CCC(C)C(N)C(=O)NCCCCCO. The van der Waals surface area contributed by atoms with Gasteiger partial charge in [0.1, 0.15) is 0 Å². The average Bonchev–Trinajstić information content (AvgIpc) is 2.26. The van der Waals surface area contributed by atoms with E-state index in [1.165, 1.54) is 0 Å². The number of aliphatic hydroxyl groups is 1. The highest BCUT2D eigenvalue weighted by Crippen LogP contribution is 2.05. The first kappa shape index (κ1) is 14.4. The summed E-state index contributed by atoms with van der Waals surface area (Å²) in [6.07, 6.45) is 3.56. The minimum Gasteiger partial charge on any atom is -0.396 e. The predicted octanol–water partition coefficient (Wildman–Crippen LogP) is 0.639. The minimum absolute atomic E-state index is 0.0617. The molecular formula is C11H24N2O2. The van der Waals surface area contributed by atoms with Crippen LogP contribution < -0.4 is 11.1 Å². The highest BCUT2D eigenvalue weighted by atomic mass is 16.2. The molecule has 2 atom stereocenters. The van der Waals surface area contributed by atoms with Crippen molar-refractivity contribution in [3.05, 3.63) is 0 Å². The quantitative estimate of drug-likeness (QED) is 0.521. The van der Waals surface area contributed by atoms with Crippen LogP contribution in [0.5, 0.6) is 0 Å². The first-order valence-corrected chi connectivity index (χ1v) is 5.77. The molecular weight excluding hydrogens is 192 g/mol. The lowest BCUT2D eigenvalue weighted by atomic mass is 9.99. The van der Waals surface area contributed by atoms with Gasteiger partial charge in [-0.2, -0.15) is 0 Å². The normalized spacial score (nSPS) is 14.7. The Hall–Kier alpha value is -0.610. The Morgan fingerprint density at radius 2 is 2.07 bits per heavy atom. The van der Waals surface area contributed by atoms with Gasteiger partial charge < -0.3 is 16.2 Å². The summed E-state index contributed by atoms with van der Waals surface area (Å²) < 4.78 is 0. The zero-order chi connectivity index (χ0) is 11.7. The van der Waals surface area contributed by atoms with Gasteiger partial charge in [0.15, 0.2) is 0 Å². The molecule has 0 aliphatic heterocycles. The molecule has 15 heavy (non-hydrogen) atoms. The van der Waals surface area contributed by atoms with E-state index in [1.54, 1.807) is 0 Å². The Morgan fingerprint density at radius 1 is 1.40 bits per heavy atom. The molecule has 0 aromatic rings. The fourth-order valence-corrected chi connectivity index (χ4v) is 1.26. The van der Waals surface area contributed by atoms with E-state index in [1.807, 2.05) is 13.8 Å². The number of carbonyl (C=O) groups is 1. The molecule has 2 unspecified atom stereocenters. The van der Waals surface area contributed by atoms with Crippen LogP contribution in [0.2, 0.25) is 0 Å². The molecule has 0 heterocycles. The maximum atomic E-state index is 11.5. The van der Waals surface area contributed by atoms with E-state index in [4.69, 9.17) is 10.8 Å². The Kier molecular flexibility index (Phi) is 8.33. The molecule has 0 aromatic heterocycles. The average molecular weight is 216 g/mol. The highest BCUT2D eigenvalue weighted by molar-refractivity contribution is 5.81. The van der Waals surface area contributed by atoms with Crippen LogP contribution in [0, 0.1) is 5.92 Å². The van der Waals surface area contributed by atoms with Crippen LogP contribution in [-0.4, -0.2) is 30.2 Å². The van der Waals surface area contributed by atoms with Crippen molar-refractivity contribution in [3.63, 3.8) is 0 Å². The van der Waals surface area contributed by atoms with E-state index in [2.05, 4.69) is 5.32 Å². The lowest BCUT2D eigenvalue weighted by Gasteiger charge is -2.17. The zero-order valence-corrected chi connectivity index (χ0v) is 9.83. The van der Waals surface area contributed by atoms with Crippen LogP contribution in [-0.2, 0) is 4.79 Å². The molecule has 0 aromatic carbocycles. The molecule has 0 bridgehead atoms. The van der Waals surface area contributed by atoms with Gasteiger partial charge in [0, 0.05) is 13.2 Å². The lowest BCUT2D eigenvalue weighted by Crippen LogP contribution is -2.44. The second-order valence-corrected chi connectivity index (χ2v) is 3.99. The number of hydrogen-bond acceptors (Lipinski definition) is 3. The van der Waals surface area contributed by atoms with Crippen LogP contribution in [0.25, 0.3) is 0 Å². The lowest BCUT2D eigenvalue weighted by molar-refractivity contribution is -0.123. The van der Waals surface area contributed by atoms with E-state index in [0.29, 0.717) is 6.54 Å². The van der Waals surface area contributed by atoms with Crippen molar-refractivity contribution >= 4 is 5.91 Å². The Balaban J connectivity index is 3.56. The molecule has 1 amide bonds. The van der Waals surface area contributed by atoms with Gasteiger partial charge >= 0.3 is 0 Å². The molecule has 90 valence electrons. The third-order valence-corrected chi connectivity index (χ3v) is 2.69. The summed E-state index contributed by atoms with van der Waals surface area (Å²) in [5, 5.41) is 11.4. The second-order valence-electron chi connectivity index (χ2n) is 3.99. The maximum absolute atomic E-state index is 11.5. The van der Waals surface area contributed by atoms with Crippen molar-refractivity contribution in [1.29, 1.82) is 0 Å². The third kappa shape index (κ3) is 6.47. The summed E-state index contributed by atoms with van der Waals surface area (Å²) in [6, 6.07) is -0.396. The van der Waals surface area contributed by atoms with Gasteiger partial charge in [-0.1, -0.05) is 20.3 Å². The van der Waals surface area contributed by atoms with Crippen molar-refractivity contribution in [2.45, 2.75) is 45.6 Å². The summed E-state index contributed by atoms with van der Waals surface area (Å²) >= 11 is 0. The fourth-order valence-electron chi connectivity index (χ4n) is 1.26. The topological polar surface area (TPSA) is 75.4 Å². The smallest absolute Gasteiger partial charge is 0.237 e. The predicted molar refractivity (Wildman–Crippen MR) is 61.4 cm³/mol. The van der Waals surface area contributed by atoms with Crippen molar-refractivity contribution in [1.82, 2.24) is 5.32 Å². The Labute approximate surface area is 92.2 Å². The van der Waals surface area contributed by atoms with E-state index in [-0.39, 0.29) is 18.4 Å². The van der Waals surface area contributed by atoms with Crippen LogP contribution in [0.3, 0.4) is 0 Å². The highest BCUT2D eigenvalue weighted by Gasteiger charge is 2.18. The number of aliphatic hydroxyl groups excluding tert-OH is 1. The van der Waals surface area contributed by atoms with Gasteiger partial charge in [-0.3, -0.25) is 4.79 Å². The van der Waals surface area contributed by atoms with E-state index in [0.717, 1.165) is 25.7 Å². The monoisotopic (exact) mass is 216 g/mol. The van der Waals surface area contributed by atoms with E-state index in [9.17, 15) is 4.79 Å². The summed E-state index contributed by atoms with van der Waals surface area (Å²) in [6.45, 7) is 4.89. The molecule has 4 heteroatoms. The van der Waals surface area contributed by atoms with Crippen LogP contribution in [0.15, 0.2) is 0 Å². The second kappa shape index (κ2) is 8.68. The maximum Gasteiger partial charge on any atom is 0.237 e. The summed E-state index contributed by atoms with van der Waals surface area (Å²) in [7, 11) is 0. The Morgan fingerprint density at radius 3 is 2.60 bits per heavy atom. The zero-order valence-electron chi connectivity index (χ0n) is 9.83. The van der Waals surface area contributed by atoms with Gasteiger partial charge in [-0.25, -0.2) is 0 Å². The van der Waals surface area contributed by atoms with Gasteiger partial charge in [0.05, 0.1) is 6.04 Å². The summed E-state index contributed by atoms with van der Waals surface area (Å²) in [5.41, 5.74) is 5.76. The number of amides is 1. The van der Waals surface area contributed by atoms with Gasteiger partial charge in [-0.05, 0) is 25.2 Å². The van der Waals surface area contributed by atoms with Gasteiger partial charge in [0.25, 0.3) is 0 Å². The number of nitrogens with one attached hydrogen (secondary N) is 1. The molecule has 0 spiro atoms. The van der Waals surface area contributed by atoms with Crippen molar-refractivity contribution in [3.8, 4) is 0 Å². The van der Waals surface area contributed by atoms with E-state index >= 15 is 0 Å². The first-order valence-electron chi connectivity index (χ1n) is 5.77. The minimum atomic E-state index is -0.396. The van der Waals surface area contributed by atoms with Crippen molar-refractivity contribution < 1.29 is 9.90 Å². The number of rotatable bonds is 8. The molecule has 0 aliphatic carbocycles. The molecule has 0 rings (SSSR count). The molecule has 0 saturated heterocycles. The van der Waals surface area contributed by atoms with Crippen LogP contribution in [0.1, 0.15) is 39.5 Å². The van der Waals surface area contributed by atoms with Crippen molar-refractivity contribution in [2.75, 3.05) is 13.2 Å². The standard InChI is InChI=1S/C11H24N2O2/c1-3-9(2)10(12)11(15)13-7-5-4-6-8-14/h9-10,14H,3-8,12H2,1-2H3,(H,13,15). The van der Waals surface area contributed by atoms with Gasteiger partial charge in [0.2, 0.25) is 5.91 Å². The first-order chi connectivity index (χ1) is 7.13. The van der Waals surface area contributed by atoms with Crippen LogP contribution in [0.4, 0.5) is 0 Å². The number of nitrogens with two attached hydrogens (primary N) is 1. The molecule has 4 nitrogen and oxygen atoms in total. The molecule has 0 radical (unpaired) electrons. The third-order valence-electron chi connectivity index (χ3n) is 2.69. The fraction of sp³-hybridized carbons (Fsp3) is 0.909. The molecule has 0 aliphatic rings. The van der Waals surface area contributed by atoms with Crippen molar-refractivity contribution in [2.24, 2.45) is 11.7 Å². The Bertz CT molecular complexity index is 174. The largest absolute Gasteiger partial charge is 0.396 e. The van der Waals surface area contributed by atoms with Crippen LogP contribution >= 0.6 is 0 Å². The number of hydrogen-bond donors (Lipinski definition) is 3. The molecule has 0 fully saturated rings. The summed E-state index contributed by atoms with van der Waals surface area (Å²) in [5.74, 6) is 0.163. The number of unbranched alkanes of at least 4 members (excludes halogenated alkanes) is 2. The van der Waals surface area contributed by atoms with E-state index < -0.39 is 6.04 Å². The summed E-state index contributed by atoms with van der Waals surface area (Å²) in [4.78, 5) is 11.5. The number of carbonyl (C=O) groups excluding carboxylic acids is 1. The van der Waals surface area contributed by atoms with Gasteiger partial charge in [-0.15, -0.1) is 0 Å². The molecule has 0 saturated carbocycles. The molecule has 4 N–H and O–H groups in total.